The maximum absolute atomic E-state index is 10.6. The van der Waals surface area contributed by atoms with Gasteiger partial charge in [-0.15, -0.1) is 0 Å². The number of benzene rings is 1. The summed E-state index contributed by atoms with van der Waals surface area (Å²) in [5, 5.41) is 11.4. The first kappa shape index (κ1) is 11.7. The van der Waals surface area contributed by atoms with E-state index in [-0.39, 0.29) is 10.6 Å². The van der Waals surface area contributed by atoms with Crippen LogP contribution in [0.1, 0.15) is 17.5 Å². The molecule has 1 aromatic carbocycles. The standard InChI is InChI=1S/C11H10BrNO2/c1-9-8-10(4-2-3-7-12)5-6-11(9)13(14)15/h5-6,8H,3,7H2,1H3. The second kappa shape index (κ2) is 5.52. The molecule has 0 aliphatic heterocycles. The monoisotopic (exact) mass is 267 g/mol. The van der Waals surface area contributed by atoms with E-state index in [1.54, 1.807) is 19.1 Å². The van der Waals surface area contributed by atoms with Gasteiger partial charge in [0.05, 0.1) is 4.92 Å². The number of hydrogen-bond acceptors (Lipinski definition) is 2. The maximum Gasteiger partial charge on any atom is 0.272 e. The zero-order chi connectivity index (χ0) is 11.3. The van der Waals surface area contributed by atoms with Crippen LogP contribution in [0.15, 0.2) is 18.2 Å². The molecule has 0 spiro atoms. The van der Waals surface area contributed by atoms with Gasteiger partial charge in [-0.25, -0.2) is 0 Å². The van der Waals surface area contributed by atoms with Crippen LogP contribution in [0.2, 0.25) is 0 Å². The molecule has 0 fully saturated rings. The van der Waals surface area contributed by atoms with Gasteiger partial charge in [0.15, 0.2) is 0 Å². The van der Waals surface area contributed by atoms with Gasteiger partial charge in [-0.1, -0.05) is 27.8 Å². The lowest BCUT2D eigenvalue weighted by molar-refractivity contribution is -0.385. The molecule has 0 atom stereocenters. The molecular formula is C11H10BrNO2. The molecule has 0 bridgehead atoms. The van der Waals surface area contributed by atoms with Crippen LogP contribution in [-0.2, 0) is 0 Å². The SMILES string of the molecule is Cc1cc(C#CCCBr)ccc1[N+](=O)[O-]. The molecule has 0 aromatic heterocycles. The van der Waals surface area contributed by atoms with Crippen molar-refractivity contribution in [1.29, 1.82) is 0 Å². The third kappa shape index (κ3) is 3.37. The van der Waals surface area contributed by atoms with E-state index in [2.05, 4.69) is 27.8 Å². The van der Waals surface area contributed by atoms with Gasteiger partial charge in [0.25, 0.3) is 5.69 Å². The van der Waals surface area contributed by atoms with E-state index in [4.69, 9.17) is 0 Å². The van der Waals surface area contributed by atoms with Crippen LogP contribution in [-0.4, -0.2) is 10.3 Å². The molecule has 0 amide bonds. The molecule has 15 heavy (non-hydrogen) atoms. The predicted molar refractivity (Wildman–Crippen MR) is 63.1 cm³/mol. The highest BCUT2D eigenvalue weighted by molar-refractivity contribution is 9.09. The number of alkyl halides is 1. The van der Waals surface area contributed by atoms with Crippen molar-refractivity contribution in [2.24, 2.45) is 0 Å². The molecule has 78 valence electrons. The summed E-state index contributed by atoms with van der Waals surface area (Å²) in [6, 6.07) is 4.90. The summed E-state index contributed by atoms with van der Waals surface area (Å²) in [4.78, 5) is 10.2. The summed E-state index contributed by atoms with van der Waals surface area (Å²) in [5.41, 5.74) is 1.60. The number of halogens is 1. The summed E-state index contributed by atoms with van der Waals surface area (Å²) in [6.07, 6.45) is 0.774. The quantitative estimate of drug-likeness (QED) is 0.358. The first-order valence-corrected chi connectivity index (χ1v) is 5.57. The number of nitro benzene ring substituents is 1. The predicted octanol–water partition coefficient (Wildman–Crippen LogP) is 3.04. The van der Waals surface area contributed by atoms with Gasteiger partial charge in [0, 0.05) is 28.9 Å². The Bertz CT molecular complexity index is 432. The van der Waals surface area contributed by atoms with E-state index in [1.807, 2.05) is 0 Å². The molecular weight excluding hydrogens is 258 g/mol. The molecule has 0 aliphatic rings. The maximum atomic E-state index is 10.6. The Morgan fingerprint density at radius 3 is 2.80 bits per heavy atom. The Balaban J connectivity index is 2.93. The largest absolute Gasteiger partial charge is 0.272 e. The van der Waals surface area contributed by atoms with Gasteiger partial charge in [0.2, 0.25) is 0 Å². The van der Waals surface area contributed by atoms with E-state index in [0.717, 1.165) is 17.3 Å². The van der Waals surface area contributed by atoms with Crippen LogP contribution in [0, 0.1) is 28.9 Å². The third-order valence-corrected chi connectivity index (χ3v) is 2.24. The second-order valence-electron chi connectivity index (χ2n) is 3.00. The van der Waals surface area contributed by atoms with Crippen LogP contribution in [0.4, 0.5) is 5.69 Å². The number of aryl methyl sites for hydroxylation is 1. The van der Waals surface area contributed by atoms with Crippen molar-refractivity contribution >= 4 is 21.6 Å². The zero-order valence-electron chi connectivity index (χ0n) is 8.29. The van der Waals surface area contributed by atoms with Crippen LogP contribution in [0.25, 0.3) is 0 Å². The molecule has 0 heterocycles. The van der Waals surface area contributed by atoms with Crippen molar-refractivity contribution in [1.82, 2.24) is 0 Å². The highest BCUT2D eigenvalue weighted by Gasteiger charge is 2.08. The highest BCUT2D eigenvalue weighted by Crippen LogP contribution is 2.18. The average molecular weight is 268 g/mol. The fourth-order valence-corrected chi connectivity index (χ4v) is 1.35. The first-order chi connectivity index (χ1) is 7.15. The summed E-state index contributed by atoms with van der Waals surface area (Å²) >= 11 is 3.28. The Morgan fingerprint density at radius 2 is 2.27 bits per heavy atom. The lowest BCUT2D eigenvalue weighted by Crippen LogP contribution is -1.91. The number of nitro groups is 1. The van der Waals surface area contributed by atoms with Crippen LogP contribution in [0.5, 0.6) is 0 Å². The third-order valence-electron chi connectivity index (χ3n) is 1.85. The lowest BCUT2D eigenvalue weighted by atomic mass is 10.1. The van der Waals surface area contributed by atoms with Crippen molar-refractivity contribution in [3.8, 4) is 11.8 Å². The highest BCUT2D eigenvalue weighted by atomic mass is 79.9. The van der Waals surface area contributed by atoms with E-state index in [0.29, 0.717) is 5.56 Å². The van der Waals surface area contributed by atoms with Crippen molar-refractivity contribution in [2.75, 3.05) is 5.33 Å². The Morgan fingerprint density at radius 1 is 1.53 bits per heavy atom. The zero-order valence-corrected chi connectivity index (χ0v) is 9.87. The minimum Gasteiger partial charge on any atom is -0.258 e. The number of hydrogen-bond donors (Lipinski definition) is 0. The van der Waals surface area contributed by atoms with Crippen molar-refractivity contribution in [3.05, 3.63) is 39.4 Å². The molecule has 0 aliphatic carbocycles. The normalized spacial score (nSPS) is 9.20. The van der Waals surface area contributed by atoms with Crippen molar-refractivity contribution in [2.45, 2.75) is 13.3 Å². The smallest absolute Gasteiger partial charge is 0.258 e. The van der Waals surface area contributed by atoms with Crippen LogP contribution >= 0.6 is 15.9 Å². The van der Waals surface area contributed by atoms with Gasteiger partial charge >= 0.3 is 0 Å². The molecule has 0 saturated carbocycles. The van der Waals surface area contributed by atoms with Gasteiger partial charge in [-0.2, -0.15) is 0 Å². The lowest BCUT2D eigenvalue weighted by Gasteiger charge is -1.96. The Labute approximate surface area is 96.8 Å². The fourth-order valence-electron chi connectivity index (χ4n) is 1.15. The van der Waals surface area contributed by atoms with Crippen LogP contribution < -0.4 is 0 Å². The average Bonchev–Trinajstić information content (AvgIpc) is 2.17. The van der Waals surface area contributed by atoms with Crippen molar-refractivity contribution < 1.29 is 4.92 Å². The Kier molecular flexibility index (Phi) is 4.32. The molecule has 4 heteroatoms. The minimum atomic E-state index is -0.384. The Hall–Kier alpha value is -1.34. The topological polar surface area (TPSA) is 43.1 Å². The van der Waals surface area contributed by atoms with Gasteiger partial charge < -0.3 is 0 Å². The number of nitrogens with zero attached hydrogens (tertiary/aromatic N) is 1. The molecule has 0 unspecified atom stereocenters. The molecule has 0 radical (unpaired) electrons. The molecule has 1 rings (SSSR count). The summed E-state index contributed by atoms with van der Waals surface area (Å²) in [6.45, 7) is 1.72. The summed E-state index contributed by atoms with van der Waals surface area (Å²) in [7, 11) is 0. The van der Waals surface area contributed by atoms with Gasteiger partial charge in [-0.3, -0.25) is 10.1 Å². The van der Waals surface area contributed by atoms with Crippen molar-refractivity contribution in [3.63, 3.8) is 0 Å². The van der Waals surface area contributed by atoms with E-state index in [1.165, 1.54) is 6.07 Å². The molecule has 1 aromatic rings. The van der Waals surface area contributed by atoms with Gasteiger partial charge in [-0.05, 0) is 19.1 Å². The molecule has 0 N–H and O–H groups in total. The van der Waals surface area contributed by atoms with E-state index < -0.39 is 0 Å². The fraction of sp³-hybridized carbons (Fsp3) is 0.273. The number of rotatable bonds is 2. The molecule has 0 saturated heterocycles. The van der Waals surface area contributed by atoms with Gasteiger partial charge in [0.1, 0.15) is 0 Å². The van der Waals surface area contributed by atoms with E-state index >= 15 is 0 Å². The summed E-state index contributed by atoms with van der Waals surface area (Å²) in [5.74, 6) is 5.91. The van der Waals surface area contributed by atoms with E-state index in [9.17, 15) is 10.1 Å². The summed E-state index contributed by atoms with van der Waals surface area (Å²) < 4.78 is 0. The first-order valence-electron chi connectivity index (χ1n) is 4.45. The second-order valence-corrected chi connectivity index (χ2v) is 3.79. The molecule has 3 nitrogen and oxygen atoms in total. The minimum absolute atomic E-state index is 0.140. The van der Waals surface area contributed by atoms with Crippen LogP contribution in [0.3, 0.4) is 0 Å².